The van der Waals surface area contributed by atoms with E-state index in [1.807, 2.05) is 35.9 Å². The molecule has 4 aromatic heterocycles. The van der Waals surface area contributed by atoms with Gasteiger partial charge in [-0.1, -0.05) is 12.1 Å². The van der Waals surface area contributed by atoms with Crippen LogP contribution in [0.1, 0.15) is 62.3 Å². The number of thiophene rings is 3. The molecule has 0 saturated heterocycles. The van der Waals surface area contributed by atoms with Crippen LogP contribution in [0.4, 0.5) is 11.4 Å². The van der Waals surface area contributed by atoms with Crippen LogP contribution in [-0.4, -0.2) is 27.7 Å². The number of carbonyl (C=O) groups excluding carboxylic acids is 4. The van der Waals surface area contributed by atoms with Crippen molar-refractivity contribution in [1.29, 1.82) is 10.5 Å². The Hall–Kier alpha value is -6.28. The smallest absolute Gasteiger partial charge is 0.197 e. The third-order valence-electron chi connectivity index (χ3n) is 8.28. The van der Waals surface area contributed by atoms with Crippen molar-refractivity contribution in [2.24, 2.45) is 7.05 Å². The zero-order valence-corrected chi connectivity index (χ0v) is 26.2. The number of nitrogens with zero attached hydrogens (tertiary/aromatic N) is 5. The van der Waals surface area contributed by atoms with Crippen molar-refractivity contribution in [2.45, 2.75) is 0 Å². The van der Waals surface area contributed by atoms with Crippen molar-refractivity contribution in [3.63, 3.8) is 0 Å². The molecular weight excluding hydrogens is 651 g/mol. The highest BCUT2D eigenvalue weighted by Gasteiger charge is 2.36. The number of rotatable bonds is 2. The molecule has 9 nitrogen and oxygen atoms in total. The lowest BCUT2D eigenvalue weighted by Gasteiger charge is -1.98. The largest absolute Gasteiger partial charge is 0.341 e. The molecule has 8 rings (SSSR count). The van der Waals surface area contributed by atoms with Crippen LogP contribution >= 0.6 is 34.0 Å². The monoisotopic (exact) mass is 661 g/mol. The van der Waals surface area contributed by atoms with E-state index in [4.69, 9.17) is 13.1 Å². The number of aryl methyl sites for hydroxylation is 1. The number of aromatic nitrogens is 1. The molecule has 0 unspecified atom stereocenters. The summed E-state index contributed by atoms with van der Waals surface area (Å²) in [6.45, 7) is 14.6. The fourth-order valence-corrected chi connectivity index (χ4v) is 9.98. The number of ketones is 4. The van der Waals surface area contributed by atoms with Gasteiger partial charge in [-0.25, -0.2) is 0 Å². The van der Waals surface area contributed by atoms with E-state index in [1.165, 1.54) is 46.9 Å². The predicted molar refractivity (Wildman–Crippen MR) is 180 cm³/mol. The maximum absolute atomic E-state index is 13.2. The number of fused-ring (bicyclic) bond motifs is 7. The summed E-state index contributed by atoms with van der Waals surface area (Å²) in [6, 6.07) is 12.9. The van der Waals surface area contributed by atoms with E-state index in [9.17, 15) is 29.7 Å². The van der Waals surface area contributed by atoms with Crippen LogP contribution in [0, 0.1) is 35.8 Å². The first kappa shape index (κ1) is 28.2. The minimum atomic E-state index is -0.477. The second-order valence-corrected chi connectivity index (χ2v) is 14.0. The fraction of sp³-hybridized carbons (Fsp3) is 0.0286. The number of benzene rings is 2. The van der Waals surface area contributed by atoms with Gasteiger partial charge in [0, 0.05) is 43.8 Å². The van der Waals surface area contributed by atoms with Crippen molar-refractivity contribution in [3.8, 4) is 12.1 Å². The lowest BCUT2D eigenvalue weighted by molar-refractivity contribution is 0.0975. The number of Topliss-reactive ketones (excluding diaryl/α,β-unsaturated/α-hetero) is 4. The van der Waals surface area contributed by atoms with Gasteiger partial charge in [0.2, 0.25) is 0 Å². The van der Waals surface area contributed by atoms with E-state index in [-0.39, 0.29) is 55.9 Å². The van der Waals surface area contributed by atoms with Crippen LogP contribution in [0.25, 0.3) is 51.7 Å². The molecule has 0 spiro atoms. The van der Waals surface area contributed by atoms with E-state index in [1.54, 1.807) is 23.5 Å². The Morgan fingerprint density at radius 3 is 1.62 bits per heavy atom. The van der Waals surface area contributed by atoms with Crippen molar-refractivity contribution >= 4 is 111 Å². The SMILES string of the molecule is [C-]#[N+]c1cc2c(cc1[N+]#[C-])C(=O)C(=Cc1cc3c(s1)c1sc4cc(C=C5C(=O)c6cc(C#N)c(C#N)cc6C5=O)sc4c1n3C)C2=O. The number of hydrogen-bond acceptors (Lipinski definition) is 9. The van der Waals surface area contributed by atoms with Crippen LogP contribution in [0.3, 0.4) is 0 Å². The Morgan fingerprint density at radius 2 is 1.13 bits per heavy atom. The minimum Gasteiger partial charge on any atom is -0.341 e. The summed E-state index contributed by atoms with van der Waals surface area (Å²) in [7, 11) is 1.93. The second kappa shape index (κ2) is 9.86. The summed E-state index contributed by atoms with van der Waals surface area (Å²) in [4.78, 5) is 60.7. The molecular formula is C35H11N5O4S3. The molecule has 2 aliphatic carbocycles. The van der Waals surface area contributed by atoms with Gasteiger partial charge in [-0.2, -0.15) is 10.5 Å². The molecule has 0 aliphatic heterocycles. The maximum Gasteiger partial charge on any atom is 0.197 e. The maximum atomic E-state index is 13.2. The van der Waals surface area contributed by atoms with Gasteiger partial charge in [-0.05, 0) is 36.4 Å². The van der Waals surface area contributed by atoms with Crippen LogP contribution in [0.15, 0.2) is 47.5 Å². The summed E-state index contributed by atoms with van der Waals surface area (Å²) in [6.07, 6.45) is 3.14. The highest BCUT2D eigenvalue weighted by Crippen LogP contribution is 2.47. The Bertz CT molecular complexity index is 2710. The molecule has 0 amide bonds. The van der Waals surface area contributed by atoms with Crippen LogP contribution in [0.2, 0.25) is 0 Å². The van der Waals surface area contributed by atoms with Gasteiger partial charge in [0.25, 0.3) is 0 Å². The van der Waals surface area contributed by atoms with Gasteiger partial charge >= 0.3 is 0 Å². The van der Waals surface area contributed by atoms with Crippen LogP contribution in [0.5, 0.6) is 0 Å². The third-order valence-corrected chi connectivity index (χ3v) is 11.9. The summed E-state index contributed by atoms with van der Waals surface area (Å²) >= 11 is 4.46. The van der Waals surface area contributed by atoms with Crippen LogP contribution in [-0.2, 0) is 7.05 Å². The molecule has 0 N–H and O–H groups in total. The molecule has 2 aliphatic rings. The average molecular weight is 662 g/mol. The predicted octanol–water partition coefficient (Wildman–Crippen LogP) is 8.44. The Morgan fingerprint density at radius 1 is 0.660 bits per heavy atom. The van der Waals surface area contributed by atoms with Crippen LogP contribution < -0.4 is 0 Å². The second-order valence-electron chi connectivity index (χ2n) is 10.8. The number of carbonyl (C=O) groups is 4. The fourth-order valence-electron chi connectivity index (χ4n) is 6.05. The Kier molecular flexibility index (Phi) is 5.92. The molecule has 12 heteroatoms. The standard InChI is InChI=1S/C35H11N5O4S3/c1-38-24-10-20-21(11-25(24)39-2)32(44)22(31(20)43)6-16-8-26-33(45-16)35-28(40(26)3)34-27(47-35)9-17(46-34)7-23-29(41)18-4-14(12-36)15(13-37)5-19(18)30(23)42/h4-11H,3H3. The highest BCUT2D eigenvalue weighted by atomic mass is 32.1. The topological polar surface area (TPSA) is 130 Å². The molecule has 47 heavy (non-hydrogen) atoms. The molecule has 4 heterocycles. The van der Waals surface area contributed by atoms with Gasteiger partial charge < -0.3 is 4.57 Å². The first-order chi connectivity index (χ1) is 22.7. The normalized spacial score (nSPS) is 13.6. The van der Waals surface area contributed by atoms with Crippen molar-refractivity contribution in [2.75, 3.05) is 0 Å². The molecule has 0 radical (unpaired) electrons. The average Bonchev–Trinajstić information content (AvgIpc) is 3.89. The lowest BCUT2D eigenvalue weighted by atomic mass is 10.0. The molecule has 0 fully saturated rings. The summed E-state index contributed by atoms with van der Waals surface area (Å²) in [5.41, 5.74) is 2.58. The summed E-state index contributed by atoms with van der Waals surface area (Å²) in [5, 5.41) is 18.7. The summed E-state index contributed by atoms with van der Waals surface area (Å²) < 4.78 is 6.01. The van der Waals surface area contributed by atoms with E-state index in [0.29, 0.717) is 9.75 Å². The lowest BCUT2D eigenvalue weighted by Crippen LogP contribution is -1.99. The number of nitriles is 2. The van der Waals surface area contributed by atoms with Gasteiger partial charge in [0.05, 0.1) is 60.6 Å². The molecule has 0 saturated carbocycles. The molecule has 2 aromatic carbocycles. The van der Waals surface area contributed by atoms with Crippen molar-refractivity contribution in [3.05, 3.63) is 114 Å². The van der Waals surface area contributed by atoms with Gasteiger partial charge in [-0.3, -0.25) is 28.9 Å². The van der Waals surface area contributed by atoms with E-state index >= 15 is 0 Å². The van der Waals surface area contributed by atoms with Gasteiger partial charge in [0.15, 0.2) is 34.5 Å². The zero-order chi connectivity index (χ0) is 32.9. The van der Waals surface area contributed by atoms with E-state index < -0.39 is 23.1 Å². The number of allylic oxidation sites excluding steroid dienone is 2. The molecule has 218 valence electrons. The first-order valence-corrected chi connectivity index (χ1v) is 16.1. The molecule has 0 atom stereocenters. The van der Waals surface area contributed by atoms with E-state index in [2.05, 4.69) is 9.69 Å². The van der Waals surface area contributed by atoms with Gasteiger partial charge in [-0.15, -0.1) is 34.0 Å². The van der Waals surface area contributed by atoms with E-state index in [0.717, 1.165) is 29.8 Å². The third kappa shape index (κ3) is 3.81. The first-order valence-electron chi connectivity index (χ1n) is 13.6. The zero-order valence-electron chi connectivity index (χ0n) is 23.7. The molecule has 0 bridgehead atoms. The number of hydrogen-bond donors (Lipinski definition) is 0. The quantitative estimate of drug-likeness (QED) is 0.104. The van der Waals surface area contributed by atoms with Gasteiger partial charge in [0.1, 0.15) is 12.1 Å². The summed E-state index contributed by atoms with van der Waals surface area (Å²) in [5.74, 6) is -1.89. The minimum absolute atomic E-state index is 0.00319. The Balaban J connectivity index is 1.16. The Labute approximate surface area is 276 Å². The highest BCUT2D eigenvalue weighted by molar-refractivity contribution is 7.35. The van der Waals surface area contributed by atoms with Crippen molar-refractivity contribution in [1.82, 2.24) is 4.57 Å². The molecule has 6 aromatic rings. The van der Waals surface area contributed by atoms with Crippen molar-refractivity contribution < 1.29 is 19.2 Å².